The molecule has 0 aliphatic rings. The summed E-state index contributed by atoms with van der Waals surface area (Å²) in [5.74, 6) is -0.510. The van der Waals surface area contributed by atoms with Crippen LogP contribution in [0.2, 0.25) is 0 Å². The maximum absolute atomic E-state index is 13.0. The number of benzene rings is 2. The zero-order chi connectivity index (χ0) is 21.1. The summed E-state index contributed by atoms with van der Waals surface area (Å²) in [6, 6.07) is 13.7. The number of imidazole rings is 1. The molecule has 0 atom stereocenters. The Morgan fingerprint density at radius 2 is 1.63 bits per heavy atom. The number of halogens is 1. The highest BCUT2D eigenvalue weighted by Crippen LogP contribution is 2.22. The van der Waals surface area contributed by atoms with Gasteiger partial charge in [0.15, 0.2) is 0 Å². The van der Waals surface area contributed by atoms with E-state index in [2.05, 4.69) is 15.6 Å². The molecule has 30 heavy (non-hydrogen) atoms. The maximum Gasteiger partial charge on any atom is 0.319 e. The molecule has 2 N–H and O–H groups in total. The number of pyridine rings is 1. The van der Waals surface area contributed by atoms with E-state index in [0.29, 0.717) is 12.2 Å². The average molecular weight is 424 g/mol. The first kappa shape index (κ1) is 19.6. The Kier molecular flexibility index (Phi) is 5.20. The Morgan fingerprint density at radius 3 is 2.33 bits per heavy atom. The lowest BCUT2D eigenvalue weighted by molar-refractivity contribution is 0.251. The van der Waals surface area contributed by atoms with Crippen molar-refractivity contribution in [3.63, 3.8) is 0 Å². The molecule has 2 amide bonds. The first-order valence-corrected chi connectivity index (χ1v) is 10.5. The van der Waals surface area contributed by atoms with E-state index in [9.17, 15) is 17.6 Å². The molecule has 0 fully saturated rings. The lowest BCUT2D eigenvalue weighted by Gasteiger charge is -2.09. The van der Waals surface area contributed by atoms with E-state index < -0.39 is 21.7 Å². The van der Waals surface area contributed by atoms with Crippen LogP contribution in [0.5, 0.6) is 0 Å². The van der Waals surface area contributed by atoms with E-state index in [1.165, 1.54) is 36.4 Å². The number of nitrogens with zero attached hydrogens (tertiary/aromatic N) is 2. The highest BCUT2D eigenvalue weighted by atomic mass is 32.2. The fourth-order valence-electron chi connectivity index (χ4n) is 2.90. The van der Waals surface area contributed by atoms with Crippen molar-refractivity contribution in [3.05, 3.63) is 90.6 Å². The molecule has 0 saturated carbocycles. The van der Waals surface area contributed by atoms with Crippen molar-refractivity contribution in [1.29, 1.82) is 0 Å². The number of anilines is 1. The zero-order valence-corrected chi connectivity index (χ0v) is 16.4. The summed E-state index contributed by atoms with van der Waals surface area (Å²) in [6.07, 6.45) is 5.39. The molecule has 0 aliphatic heterocycles. The van der Waals surface area contributed by atoms with Gasteiger partial charge in [-0.2, -0.15) is 0 Å². The van der Waals surface area contributed by atoms with Crippen LogP contribution in [0.15, 0.2) is 89.0 Å². The van der Waals surface area contributed by atoms with Crippen LogP contribution in [-0.4, -0.2) is 23.8 Å². The quantitative estimate of drug-likeness (QED) is 0.479. The van der Waals surface area contributed by atoms with Crippen LogP contribution in [0.1, 0.15) is 5.56 Å². The minimum atomic E-state index is -3.76. The van der Waals surface area contributed by atoms with Crippen molar-refractivity contribution < 1.29 is 17.6 Å². The molecule has 2 aromatic carbocycles. The van der Waals surface area contributed by atoms with Crippen LogP contribution in [0.4, 0.5) is 14.9 Å². The molecule has 152 valence electrons. The molecule has 0 saturated heterocycles. The normalized spacial score (nSPS) is 11.4. The van der Waals surface area contributed by atoms with Crippen LogP contribution in [0.25, 0.3) is 5.65 Å². The molecule has 0 bridgehead atoms. The minimum Gasteiger partial charge on any atom is -0.334 e. The number of fused-ring (bicyclic) bond motifs is 1. The highest BCUT2D eigenvalue weighted by Gasteiger charge is 2.17. The molecule has 2 heterocycles. The van der Waals surface area contributed by atoms with Crippen molar-refractivity contribution in [2.75, 3.05) is 5.32 Å². The number of aromatic nitrogens is 2. The molecule has 0 aliphatic carbocycles. The molecular formula is C21H17FN4O3S. The third-order valence-electron chi connectivity index (χ3n) is 4.45. The summed E-state index contributed by atoms with van der Waals surface area (Å²) >= 11 is 0. The van der Waals surface area contributed by atoms with Crippen LogP contribution in [0.3, 0.4) is 0 Å². The van der Waals surface area contributed by atoms with E-state index in [0.717, 1.165) is 23.3 Å². The molecule has 4 rings (SSSR count). The molecule has 9 heteroatoms. The van der Waals surface area contributed by atoms with Gasteiger partial charge in [-0.05, 0) is 60.2 Å². The van der Waals surface area contributed by atoms with Gasteiger partial charge in [0, 0.05) is 30.8 Å². The first-order chi connectivity index (χ1) is 14.4. The van der Waals surface area contributed by atoms with Gasteiger partial charge in [-0.3, -0.25) is 0 Å². The number of carbonyl (C=O) groups excluding carboxylic acids is 1. The molecule has 0 spiro atoms. The Bertz CT molecular complexity index is 1300. The molecule has 7 nitrogen and oxygen atoms in total. The summed E-state index contributed by atoms with van der Waals surface area (Å²) < 4.78 is 40.1. The lowest BCUT2D eigenvalue weighted by atomic mass is 10.3. The second-order valence-corrected chi connectivity index (χ2v) is 8.47. The number of rotatable bonds is 5. The Labute approximate surface area is 172 Å². The number of sulfone groups is 1. The van der Waals surface area contributed by atoms with Gasteiger partial charge in [-0.15, -0.1) is 0 Å². The number of amides is 2. The van der Waals surface area contributed by atoms with E-state index in [4.69, 9.17) is 0 Å². The van der Waals surface area contributed by atoms with Gasteiger partial charge in [0.25, 0.3) is 0 Å². The fraction of sp³-hybridized carbons (Fsp3) is 0.0476. The van der Waals surface area contributed by atoms with Gasteiger partial charge in [0.1, 0.15) is 11.5 Å². The number of urea groups is 1. The molecule has 4 aromatic rings. The monoisotopic (exact) mass is 424 g/mol. The molecular weight excluding hydrogens is 407 g/mol. The predicted octanol–water partition coefficient (Wildman–Crippen LogP) is 3.63. The smallest absolute Gasteiger partial charge is 0.319 e. The average Bonchev–Trinajstić information content (AvgIpc) is 3.21. The second-order valence-electron chi connectivity index (χ2n) is 6.52. The zero-order valence-electron chi connectivity index (χ0n) is 15.6. The van der Waals surface area contributed by atoms with Crippen LogP contribution in [-0.2, 0) is 16.4 Å². The summed E-state index contributed by atoms with van der Waals surface area (Å²) in [7, 11) is -3.76. The molecule has 0 unspecified atom stereocenters. The van der Waals surface area contributed by atoms with Gasteiger partial charge in [-0.25, -0.2) is 22.6 Å². The topological polar surface area (TPSA) is 92.6 Å². The molecule has 2 aromatic heterocycles. The SMILES string of the molecule is O=C(NCc1ccc2nccn2c1)Nc1ccc(S(=O)(=O)c2ccc(F)cc2)cc1. The number of hydrogen-bond donors (Lipinski definition) is 2. The van der Waals surface area contributed by atoms with Gasteiger partial charge in [0.2, 0.25) is 9.84 Å². The van der Waals surface area contributed by atoms with Crippen molar-refractivity contribution in [1.82, 2.24) is 14.7 Å². The van der Waals surface area contributed by atoms with Crippen molar-refractivity contribution in [2.24, 2.45) is 0 Å². The summed E-state index contributed by atoms with van der Waals surface area (Å²) in [6.45, 7) is 0.316. The third-order valence-corrected chi connectivity index (χ3v) is 6.24. The fourth-order valence-corrected chi connectivity index (χ4v) is 4.16. The lowest BCUT2D eigenvalue weighted by Crippen LogP contribution is -2.28. The van der Waals surface area contributed by atoms with E-state index in [1.807, 2.05) is 28.9 Å². The minimum absolute atomic E-state index is 0.00258. The van der Waals surface area contributed by atoms with Crippen molar-refractivity contribution in [3.8, 4) is 0 Å². The van der Waals surface area contributed by atoms with E-state index >= 15 is 0 Å². The number of hydrogen-bond acceptors (Lipinski definition) is 4. The number of carbonyl (C=O) groups is 1. The van der Waals surface area contributed by atoms with Gasteiger partial charge < -0.3 is 15.0 Å². The Hall–Kier alpha value is -3.72. The van der Waals surface area contributed by atoms with Crippen molar-refractivity contribution in [2.45, 2.75) is 16.3 Å². The number of nitrogens with one attached hydrogen (secondary N) is 2. The Morgan fingerprint density at radius 1 is 0.967 bits per heavy atom. The van der Waals surface area contributed by atoms with Crippen LogP contribution < -0.4 is 10.6 Å². The standard InChI is InChI=1S/C21H17FN4O3S/c22-16-2-6-18(7-3-16)30(28,29)19-8-4-17(5-9-19)25-21(27)24-13-15-1-10-20-23-11-12-26(20)14-15/h1-12,14H,13H2,(H2,24,25,27). The van der Waals surface area contributed by atoms with Crippen molar-refractivity contribution >= 4 is 27.2 Å². The molecule has 0 radical (unpaired) electrons. The Balaban J connectivity index is 1.39. The summed E-state index contributed by atoms with van der Waals surface area (Å²) in [4.78, 5) is 16.3. The van der Waals surface area contributed by atoms with Crippen LogP contribution >= 0.6 is 0 Å². The van der Waals surface area contributed by atoms with Gasteiger partial charge in [0.05, 0.1) is 9.79 Å². The first-order valence-electron chi connectivity index (χ1n) is 8.99. The highest BCUT2D eigenvalue weighted by molar-refractivity contribution is 7.91. The third kappa shape index (κ3) is 4.15. The van der Waals surface area contributed by atoms with Crippen LogP contribution in [0, 0.1) is 5.82 Å². The van der Waals surface area contributed by atoms with Gasteiger partial charge >= 0.3 is 6.03 Å². The second kappa shape index (κ2) is 7.96. The summed E-state index contributed by atoms with van der Waals surface area (Å²) in [5.41, 5.74) is 2.16. The van der Waals surface area contributed by atoms with E-state index in [-0.39, 0.29) is 9.79 Å². The largest absolute Gasteiger partial charge is 0.334 e. The van der Waals surface area contributed by atoms with E-state index in [1.54, 1.807) is 6.20 Å². The summed E-state index contributed by atoms with van der Waals surface area (Å²) in [5, 5.41) is 5.40. The predicted molar refractivity (Wildman–Crippen MR) is 109 cm³/mol. The van der Waals surface area contributed by atoms with Gasteiger partial charge in [-0.1, -0.05) is 6.07 Å². The maximum atomic E-state index is 13.0.